The van der Waals surface area contributed by atoms with E-state index in [-0.39, 0.29) is 5.91 Å². The molecule has 22 heavy (non-hydrogen) atoms. The Labute approximate surface area is 132 Å². The van der Waals surface area contributed by atoms with E-state index in [1.807, 2.05) is 6.07 Å². The molecule has 0 radical (unpaired) electrons. The van der Waals surface area contributed by atoms with Gasteiger partial charge in [0.05, 0.1) is 14.2 Å². The third-order valence-electron chi connectivity index (χ3n) is 4.33. The van der Waals surface area contributed by atoms with Crippen LogP contribution in [0.4, 0.5) is 0 Å². The van der Waals surface area contributed by atoms with Gasteiger partial charge in [0, 0.05) is 6.54 Å². The molecule has 0 aliphatic carbocycles. The second-order valence-corrected chi connectivity index (χ2v) is 5.83. The van der Waals surface area contributed by atoms with E-state index in [0.717, 1.165) is 19.5 Å². The fourth-order valence-corrected chi connectivity index (χ4v) is 2.90. The highest BCUT2D eigenvalue weighted by Gasteiger charge is 2.19. The molecule has 1 saturated heterocycles. The van der Waals surface area contributed by atoms with Crippen molar-refractivity contribution in [2.75, 3.05) is 40.9 Å². The van der Waals surface area contributed by atoms with Crippen LogP contribution in [0.25, 0.3) is 0 Å². The van der Waals surface area contributed by atoms with Crippen molar-refractivity contribution in [2.24, 2.45) is 5.92 Å². The number of hydrogen-bond acceptors (Lipinski definition) is 4. The minimum absolute atomic E-state index is 0.137. The summed E-state index contributed by atoms with van der Waals surface area (Å²) in [5, 5.41) is 2.99. The number of amides is 1. The Kier molecular flexibility index (Phi) is 6.07. The van der Waals surface area contributed by atoms with Crippen LogP contribution in [0.5, 0.6) is 11.5 Å². The number of benzene rings is 1. The van der Waals surface area contributed by atoms with E-state index < -0.39 is 0 Å². The third-order valence-corrected chi connectivity index (χ3v) is 4.33. The summed E-state index contributed by atoms with van der Waals surface area (Å²) in [6.07, 6.45) is 3.45. The number of nitrogens with zero attached hydrogens (tertiary/aromatic N) is 1. The zero-order valence-corrected chi connectivity index (χ0v) is 13.7. The molecule has 5 heteroatoms. The van der Waals surface area contributed by atoms with Gasteiger partial charge in [-0.1, -0.05) is 6.07 Å². The second kappa shape index (κ2) is 8.03. The number of rotatable bonds is 6. The van der Waals surface area contributed by atoms with Crippen LogP contribution in [0.1, 0.15) is 29.6 Å². The van der Waals surface area contributed by atoms with Crippen LogP contribution in [-0.2, 0) is 0 Å². The van der Waals surface area contributed by atoms with Gasteiger partial charge in [-0.25, -0.2) is 0 Å². The molecule has 5 nitrogen and oxygen atoms in total. The monoisotopic (exact) mass is 306 g/mol. The molecule has 0 unspecified atom stereocenters. The molecule has 0 saturated carbocycles. The minimum Gasteiger partial charge on any atom is -0.496 e. The number of hydrogen-bond donors (Lipinski definition) is 1. The van der Waals surface area contributed by atoms with Crippen molar-refractivity contribution in [2.45, 2.75) is 19.3 Å². The van der Waals surface area contributed by atoms with E-state index in [1.165, 1.54) is 12.8 Å². The topological polar surface area (TPSA) is 50.8 Å². The van der Waals surface area contributed by atoms with Gasteiger partial charge in [0.1, 0.15) is 17.1 Å². The molecule has 1 fully saturated rings. The maximum Gasteiger partial charge on any atom is 0.258 e. The Morgan fingerprint density at radius 2 is 1.82 bits per heavy atom. The van der Waals surface area contributed by atoms with Crippen LogP contribution < -0.4 is 14.8 Å². The molecule has 1 aromatic rings. The van der Waals surface area contributed by atoms with Gasteiger partial charge in [-0.3, -0.25) is 4.79 Å². The Balaban J connectivity index is 1.90. The Bertz CT molecular complexity index is 474. The maximum absolute atomic E-state index is 12.4. The molecular formula is C17H26N2O3. The lowest BCUT2D eigenvalue weighted by Crippen LogP contribution is -2.32. The molecule has 1 aliphatic heterocycles. The summed E-state index contributed by atoms with van der Waals surface area (Å²) in [7, 11) is 5.28. The third kappa shape index (κ3) is 4.13. The first-order chi connectivity index (χ1) is 10.7. The molecule has 1 heterocycles. The van der Waals surface area contributed by atoms with E-state index in [9.17, 15) is 4.79 Å². The van der Waals surface area contributed by atoms with Crippen molar-refractivity contribution in [1.29, 1.82) is 0 Å². The average molecular weight is 306 g/mol. The zero-order valence-electron chi connectivity index (χ0n) is 13.7. The number of carbonyl (C=O) groups is 1. The lowest BCUT2D eigenvalue weighted by Gasteiger charge is -2.28. The van der Waals surface area contributed by atoms with E-state index in [4.69, 9.17) is 9.47 Å². The fourth-order valence-electron chi connectivity index (χ4n) is 2.90. The molecule has 122 valence electrons. The van der Waals surface area contributed by atoms with Crippen molar-refractivity contribution >= 4 is 5.91 Å². The highest BCUT2D eigenvalue weighted by atomic mass is 16.5. The molecular weight excluding hydrogens is 280 g/mol. The van der Waals surface area contributed by atoms with Crippen LogP contribution >= 0.6 is 0 Å². The second-order valence-electron chi connectivity index (χ2n) is 5.83. The largest absolute Gasteiger partial charge is 0.496 e. The van der Waals surface area contributed by atoms with Gasteiger partial charge in [-0.15, -0.1) is 0 Å². The summed E-state index contributed by atoms with van der Waals surface area (Å²) in [6.45, 7) is 2.99. The molecule has 2 rings (SSSR count). The summed E-state index contributed by atoms with van der Waals surface area (Å²) in [4.78, 5) is 14.8. The minimum atomic E-state index is -0.137. The SMILES string of the molecule is COc1cccc(OC)c1C(=O)NCCC1CCN(C)CC1. The summed E-state index contributed by atoms with van der Waals surface area (Å²) in [6, 6.07) is 5.36. The number of carbonyl (C=O) groups excluding carboxylic acids is 1. The first-order valence-electron chi connectivity index (χ1n) is 7.83. The summed E-state index contributed by atoms with van der Waals surface area (Å²) in [5.74, 6) is 1.64. The quantitative estimate of drug-likeness (QED) is 0.875. The van der Waals surface area contributed by atoms with Crippen LogP contribution in [0.3, 0.4) is 0 Å². The average Bonchev–Trinajstić information content (AvgIpc) is 2.55. The zero-order chi connectivity index (χ0) is 15.9. The van der Waals surface area contributed by atoms with Crippen molar-refractivity contribution in [1.82, 2.24) is 10.2 Å². The number of nitrogens with one attached hydrogen (secondary N) is 1. The lowest BCUT2D eigenvalue weighted by molar-refractivity contribution is 0.0942. The van der Waals surface area contributed by atoms with Gasteiger partial charge in [0.15, 0.2) is 0 Å². The van der Waals surface area contributed by atoms with E-state index in [1.54, 1.807) is 26.4 Å². The smallest absolute Gasteiger partial charge is 0.258 e. The summed E-state index contributed by atoms with van der Waals surface area (Å²) >= 11 is 0. The van der Waals surface area contributed by atoms with Gasteiger partial charge in [-0.05, 0) is 57.5 Å². The number of piperidine rings is 1. The van der Waals surface area contributed by atoms with Gasteiger partial charge in [0.25, 0.3) is 5.91 Å². The lowest BCUT2D eigenvalue weighted by atomic mass is 9.94. The summed E-state index contributed by atoms with van der Waals surface area (Å²) < 4.78 is 10.5. The van der Waals surface area contributed by atoms with Crippen molar-refractivity contribution in [3.8, 4) is 11.5 Å². The predicted octanol–water partition coefficient (Wildman–Crippen LogP) is 2.17. The van der Waals surface area contributed by atoms with Crippen LogP contribution in [0.15, 0.2) is 18.2 Å². The molecule has 0 aromatic heterocycles. The molecule has 0 bridgehead atoms. The molecule has 0 atom stereocenters. The molecule has 1 amide bonds. The van der Waals surface area contributed by atoms with Gasteiger partial charge < -0.3 is 19.7 Å². The summed E-state index contributed by atoms with van der Waals surface area (Å²) in [5.41, 5.74) is 0.468. The molecule has 1 N–H and O–H groups in total. The van der Waals surface area contributed by atoms with Gasteiger partial charge >= 0.3 is 0 Å². The van der Waals surface area contributed by atoms with E-state index in [0.29, 0.717) is 29.5 Å². The maximum atomic E-state index is 12.4. The number of ether oxygens (including phenoxy) is 2. The van der Waals surface area contributed by atoms with Crippen molar-refractivity contribution in [3.63, 3.8) is 0 Å². The van der Waals surface area contributed by atoms with Crippen molar-refractivity contribution in [3.05, 3.63) is 23.8 Å². The van der Waals surface area contributed by atoms with Crippen LogP contribution in [0.2, 0.25) is 0 Å². The Hall–Kier alpha value is -1.75. The normalized spacial score (nSPS) is 16.3. The highest BCUT2D eigenvalue weighted by molar-refractivity contribution is 5.99. The van der Waals surface area contributed by atoms with E-state index >= 15 is 0 Å². The van der Waals surface area contributed by atoms with Crippen LogP contribution in [-0.4, -0.2) is 51.7 Å². The Morgan fingerprint density at radius 1 is 1.23 bits per heavy atom. The standard InChI is InChI=1S/C17H26N2O3/c1-19-11-8-13(9-12-19)7-10-18-17(20)16-14(21-2)5-4-6-15(16)22-3/h4-6,13H,7-12H2,1-3H3,(H,18,20). The molecule has 1 aliphatic rings. The number of methoxy groups -OCH3 is 2. The highest BCUT2D eigenvalue weighted by Crippen LogP contribution is 2.28. The molecule has 0 spiro atoms. The first-order valence-corrected chi connectivity index (χ1v) is 7.83. The van der Waals surface area contributed by atoms with Gasteiger partial charge in [0.2, 0.25) is 0 Å². The van der Waals surface area contributed by atoms with Crippen molar-refractivity contribution < 1.29 is 14.3 Å². The first kappa shape index (κ1) is 16.6. The predicted molar refractivity (Wildman–Crippen MR) is 86.7 cm³/mol. The number of likely N-dealkylation sites (tertiary alicyclic amines) is 1. The Morgan fingerprint density at radius 3 is 2.36 bits per heavy atom. The molecule has 1 aromatic carbocycles. The van der Waals surface area contributed by atoms with E-state index in [2.05, 4.69) is 17.3 Å². The van der Waals surface area contributed by atoms with Crippen LogP contribution in [0, 0.1) is 5.92 Å². The van der Waals surface area contributed by atoms with Gasteiger partial charge in [-0.2, -0.15) is 0 Å². The fraction of sp³-hybridized carbons (Fsp3) is 0.588.